The Balaban J connectivity index is 2.40. The molecule has 5 nitrogen and oxygen atoms in total. The molecule has 0 aliphatic rings. The zero-order valence-electron chi connectivity index (χ0n) is 7.69. The average molecular weight is 202 g/mol. The summed E-state index contributed by atoms with van der Waals surface area (Å²) in [5.41, 5.74) is 5.35. The van der Waals surface area contributed by atoms with Gasteiger partial charge in [0.1, 0.15) is 0 Å². The van der Waals surface area contributed by atoms with Crippen LogP contribution in [0.15, 0.2) is 0 Å². The Kier molecular flexibility index (Phi) is 3.44. The van der Waals surface area contributed by atoms with Gasteiger partial charge in [-0.2, -0.15) is 9.36 Å². The molecule has 0 bridgehead atoms. The van der Waals surface area contributed by atoms with Crippen LogP contribution < -0.4 is 11.1 Å². The second kappa shape index (κ2) is 4.38. The van der Waals surface area contributed by atoms with Crippen molar-refractivity contribution in [3.05, 3.63) is 0 Å². The summed E-state index contributed by atoms with van der Waals surface area (Å²) in [5, 5.41) is 12.9. The topological polar surface area (TPSA) is 84.1 Å². The number of nitrogens with zero attached hydrogens (tertiary/aromatic N) is 2. The molecule has 0 saturated heterocycles. The molecule has 1 aromatic rings. The molecule has 0 fully saturated rings. The fraction of sp³-hybridized carbons (Fsp3) is 0.714. The van der Waals surface area contributed by atoms with Gasteiger partial charge < -0.3 is 16.2 Å². The first-order valence-corrected chi connectivity index (χ1v) is 4.89. The molecule has 0 aliphatic heterocycles. The van der Waals surface area contributed by atoms with Crippen molar-refractivity contribution >= 4 is 22.6 Å². The van der Waals surface area contributed by atoms with Gasteiger partial charge in [0.25, 0.3) is 0 Å². The van der Waals surface area contributed by atoms with Crippen LogP contribution in [0.3, 0.4) is 0 Å². The van der Waals surface area contributed by atoms with E-state index in [1.165, 1.54) is 11.5 Å². The number of nitrogen functional groups attached to an aromatic ring is 1. The van der Waals surface area contributed by atoms with Crippen molar-refractivity contribution in [1.82, 2.24) is 9.36 Å². The molecule has 0 spiro atoms. The number of hydrogen-bond donors (Lipinski definition) is 3. The van der Waals surface area contributed by atoms with E-state index in [-0.39, 0.29) is 18.1 Å². The highest BCUT2D eigenvalue weighted by molar-refractivity contribution is 7.09. The van der Waals surface area contributed by atoms with Crippen LogP contribution in [0.4, 0.5) is 11.1 Å². The van der Waals surface area contributed by atoms with Crippen molar-refractivity contribution in [2.24, 2.45) is 0 Å². The first-order valence-electron chi connectivity index (χ1n) is 4.11. The van der Waals surface area contributed by atoms with Crippen molar-refractivity contribution in [2.45, 2.75) is 32.4 Å². The van der Waals surface area contributed by atoms with Crippen molar-refractivity contribution in [3.8, 4) is 0 Å². The Bertz CT molecular complexity index is 263. The van der Waals surface area contributed by atoms with Crippen molar-refractivity contribution in [2.75, 3.05) is 11.1 Å². The standard InChI is InChI=1S/C7H14N4OS/c1-4(3-5(2)12)9-7-10-6(8)11-13-7/h4-5,12H,3H2,1-2H3,(H3,8,9,10,11). The molecule has 0 amide bonds. The highest BCUT2D eigenvalue weighted by Gasteiger charge is 2.08. The molecule has 13 heavy (non-hydrogen) atoms. The van der Waals surface area contributed by atoms with Crippen molar-refractivity contribution in [1.29, 1.82) is 0 Å². The molecule has 0 aliphatic carbocycles. The van der Waals surface area contributed by atoms with E-state index in [2.05, 4.69) is 14.7 Å². The smallest absolute Gasteiger partial charge is 0.233 e. The lowest BCUT2D eigenvalue weighted by Crippen LogP contribution is -2.20. The molecule has 0 aromatic carbocycles. The van der Waals surface area contributed by atoms with Gasteiger partial charge in [0.2, 0.25) is 11.1 Å². The lowest BCUT2D eigenvalue weighted by Gasteiger charge is -2.13. The van der Waals surface area contributed by atoms with Gasteiger partial charge in [0.15, 0.2) is 0 Å². The minimum atomic E-state index is -0.312. The van der Waals surface area contributed by atoms with Gasteiger partial charge in [-0.25, -0.2) is 0 Å². The summed E-state index contributed by atoms with van der Waals surface area (Å²) in [6.45, 7) is 3.73. The zero-order chi connectivity index (χ0) is 9.84. The third-order valence-corrected chi connectivity index (χ3v) is 2.17. The van der Waals surface area contributed by atoms with Crippen LogP contribution in [0.1, 0.15) is 20.3 Å². The van der Waals surface area contributed by atoms with Gasteiger partial charge in [-0.3, -0.25) is 0 Å². The fourth-order valence-electron chi connectivity index (χ4n) is 1.07. The largest absolute Gasteiger partial charge is 0.393 e. The van der Waals surface area contributed by atoms with Crippen LogP contribution in [-0.4, -0.2) is 26.6 Å². The number of rotatable bonds is 4. The van der Waals surface area contributed by atoms with E-state index < -0.39 is 0 Å². The lowest BCUT2D eigenvalue weighted by molar-refractivity contribution is 0.179. The molecular formula is C7H14N4OS. The Morgan fingerprint density at radius 2 is 2.31 bits per heavy atom. The summed E-state index contributed by atoms with van der Waals surface area (Å²) in [4.78, 5) is 3.95. The second-order valence-electron chi connectivity index (χ2n) is 3.09. The maximum absolute atomic E-state index is 9.11. The van der Waals surface area contributed by atoms with Gasteiger partial charge in [-0.1, -0.05) is 0 Å². The van der Waals surface area contributed by atoms with E-state index in [0.717, 1.165) is 0 Å². The van der Waals surface area contributed by atoms with E-state index in [4.69, 9.17) is 10.8 Å². The molecule has 2 atom stereocenters. The van der Waals surface area contributed by atoms with Crippen molar-refractivity contribution < 1.29 is 5.11 Å². The summed E-state index contributed by atoms with van der Waals surface area (Å²) < 4.78 is 3.83. The normalized spacial score (nSPS) is 15.3. The molecule has 1 heterocycles. The van der Waals surface area contributed by atoms with Gasteiger partial charge >= 0.3 is 0 Å². The molecule has 0 radical (unpaired) electrons. The zero-order valence-corrected chi connectivity index (χ0v) is 8.51. The summed E-state index contributed by atoms with van der Waals surface area (Å²) in [6.07, 6.45) is 0.368. The van der Waals surface area contributed by atoms with Crippen LogP contribution in [0.25, 0.3) is 0 Å². The third kappa shape index (κ3) is 3.56. The summed E-state index contributed by atoms with van der Waals surface area (Å²) in [6, 6.07) is 0.173. The number of aliphatic hydroxyl groups is 1. The third-order valence-electron chi connectivity index (χ3n) is 1.51. The van der Waals surface area contributed by atoms with Gasteiger partial charge in [0.05, 0.1) is 6.10 Å². The van der Waals surface area contributed by atoms with Crippen molar-refractivity contribution in [3.63, 3.8) is 0 Å². The Morgan fingerprint density at radius 3 is 2.77 bits per heavy atom. The second-order valence-corrected chi connectivity index (χ2v) is 3.84. The predicted octanol–water partition coefficient (Wildman–Crippen LogP) is 0.692. The number of anilines is 2. The average Bonchev–Trinajstić information content (AvgIpc) is 2.33. The summed E-state index contributed by atoms with van der Waals surface area (Å²) >= 11 is 1.23. The fourth-order valence-corrected chi connectivity index (χ4v) is 1.68. The number of nitrogens with two attached hydrogens (primary N) is 1. The van der Waals surface area contributed by atoms with Gasteiger partial charge in [-0.15, -0.1) is 0 Å². The number of aromatic nitrogens is 2. The molecule has 2 unspecified atom stereocenters. The van der Waals surface area contributed by atoms with Crippen LogP contribution in [0, 0.1) is 0 Å². The highest BCUT2D eigenvalue weighted by Crippen LogP contribution is 2.14. The number of nitrogens with one attached hydrogen (secondary N) is 1. The Labute approximate surface area is 81.2 Å². The van der Waals surface area contributed by atoms with Crippen LogP contribution in [0.2, 0.25) is 0 Å². The Hall–Kier alpha value is -0.880. The van der Waals surface area contributed by atoms with E-state index >= 15 is 0 Å². The summed E-state index contributed by atoms with van der Waals surface area (Å²) in [7, 11) is 0. The molecule has 1 aromatic heterocycles. The van der Waals surface area contributed by atoms with Crippen LogP contribution >= 0.6 is 11.5 Å². The highest BCUT2D eigenvalue weighted by atomic mass is 32.1. The predicted molar refractivity (Wildman–Crippen MR) is 53.7 cm³/mol. The minimum absolute atomic E-state index is 0.173. The maximum atomic E-state index is 9.11. The van der Waals surface area contributed by atoms with Crippen LogP contribution in [0.5, 0.6) is 0 Å². The number of hydrogen-bond acceptors (Lipinski definition) is 6. The molecule has 4 N–H and O–H groups in total. The van der Waals surface area contributed by atoms with Crippen LogP contribution in [-0.2, 0) is 0 Å². The van der Waals surface area contributed by atoms with E-state index in [1.807, 2.05) is 6.92 Å². The maximum Gasteiger partial charge on any atom is 0.233 e. The van der Waals surface area contributed by atoms with Gasteiger partial charge in [0, 0.05) is 17.6 Å². The molecule has 74 valence electrons. The Morgan fingerprint density at radius 1 is 1.62 bits per heavy atom. The molecular weight excluding hydrogens is 188 g/mol. The quantitative estimate of drug-likeness (QED) is 0.669. The molecule has 1 rings (SSSR count). The van der Waals surface area contributed by atoms with E-state index in [0.29, 0.717) is 11.6 Å². The first kappa shape index (κ1) is 10.2. The number of aliphatic hydroxyl groups excluding tert-OH is 1. The van der Waals surface area contributed by atoms with E-state index in [1.54, 1.807) is 6.92 Å². The van der Waals surface area contributed by atoms with Gasteiger partial charge in [-0.05, 0) is 20.3 Å². The minimum Gasteiger partial charge on any atom is -0.393 e. The van der Waals surface area contributed by atoms with E-state index in [9.17, 15) is 0 Å². The SMILES string of the molecule is CC(O)CC(C)Nc1nc(N)ns1. The molecule has 0 saturated carbocycles. The lowest BCUT2D eigenvalue weighted by atomic mass is 10.2. The summed E-state index contributed by atoms with van der Waals surface area (Å²) in [5.74, 6) is 0.289. The first-order chi connectivity index (χ1) is 6.08. The monoisotopic (exact) mass is 202 g/mol. The molecule has 6 heteroatoms.